The average Bonchev–Trinajstić information content (AvgIpc) is 2.94. The minimum Gasteiger partial charge on any atom is -0.497 e. The Balaban J connectivity index is 1.86. The molecule has 0 saturated carbocycles. The Morgan fingerprint density at radius 3 is 2.86 bits per heavy atom. The van der Waals surface area contributed by atoms with Gasteiger partial charge in [0.1, 0.15) is 10.8 Å². The molecule has 2 rings (SSSR count). The van der Waals surface area contributed by atoms with Gasteiger partial charge in [0.05, 0.1) is 7.11 Å². The number of methoxy groups -OCH3 is 1. The largest absolute Gasteiger partial charge is 0.497 e. The average molecular weight is 305 g/mol. The number of anilines is 1. The molecular formula is C15H19N3O2S. The smallest absolute Gasteiger partial charge is 0.226 e. The second-order valence-corrected chi connectivity index (χ2v) is 6.01. The van der Waals surface area contributed by atoms with Gasteiger partial charge in [-0.2, -0.15) is 0 Å². The lowest BCUT2D eigenvalue weighted by molar-refractivity contribution is -0.116. The van der Waals surface area contributed by atoms with Crippen molar-refractivity contribution < 1.29 is 9.53 Å². The van der Waals surface area contributed by atoms with E-state index in [1.54, 1.807) is 7.11 Å². The number of aryl methyl sites for hydroxylation is 1. The molecule has 0 radical (unpaired) electrons. The number of benzene rings is 1. The molecule has 6 heteroatoms. The quantitative estimate of drug-likeness (QED) is 0.890. The number of ether oxygens (including phenoxy) is 1. The molecule has 112 valence electrons. The van der Waals surface area contributed by atoms with Gasteiger partial charge in [-0.3, -0.25) is 4.79 Å². The van der Waals surface area contributed by atoms with Crippen LogP contribution in [-0.4, -0.2) is 23.2 Å². The van der Waals surface area contributed by atoms with E-state index in [-0.39, 0.29) is 5.91 Å². The molecule has 5 nitrogen and oxygen atoms in total. The number of aromatic nitrogens is 2. The van der Waals surface area contributed by atoms with Crippen molar-refractivity contribution in [3.05, 3.63) is 34.8 Å². The minimum absolute atomic E-state index is 0.0516. The molecule has 0 spiro atoms. The van der Waals surface area contributed by atoms with Crippen molar-refractivity contribution in [1.82, 2.24) is 10.2 Å². The number of hydrogen-bond acceptors (Lipinski definition) is 5. The third-order valence-corrected chi connectivity index (χ3v) is 4.10. The fourth-order valence-corrected chi connectivity index (χ4v) is 2.55. The summed E-state index contributed by atoms with van der Waals surface area (Å²) in [4.78, 5) is 11.9. The van der Waals surface area contributed by atoms with Crippen LogP contribution in [0, 0.1) is 0 Å². The molecule has 21 heavy (non-hydrogen) atoms. The van der Waals surface area contributed by atoms with Gasteiger partial charge < -0.3 is 10.1 Å². The highest BCUT2D eigenvalue weighted by molar-refractivity contribution is 7.15. The number of nitrogens with zero attached hydrogens (tertiary/aromatic N) is 2. The zero-order valence-corrected chi connectivity index (χ0v) is 13.2. The second-order valence-electron chi connectivity index (χ2n) is 5.00. The number of amides is 1. The van der Waals surface area contributed by atoms with Crippen molar-refractivity contribution in [2.24, 2.45) is 0 Å². The summed E-state index contributed by atoms with van der Waals surface area (Å²) in [6, 6.07) is 7.73. The molecule has 1 heterocycles. The second kappa shape index (κ2) is 7.17. The lowest BCUT2D eigenvalue weighted by Gasteiger charge is -2.04. The van der Waals surface area contributed by atoms with Crippen molar-refractivity contribution >= 4 is 22.4 Å². The zero-order valence-electron chi connectivity index (χ0n) is 12.4. The third kappa shape index (κ3) is 4.53. The van der Waals surface area contributed by atoms with Crippen LogP contribution in [-0.2, 0) is 11.2 Å². The molecule has 0 bridgehead atoms. The Kier molecular flexibility index (Phi) is 5.27. The fraction of sp³-hybridized carbons (Fsp3) is 0.400. The summed E-state index contributed by atoms with van der Waals surface area (Å²) in [5.74, 6) is 1.08. The molecule has 1 aromatic carbocycles. The Hall–Kier alpha value is -1.95. The molecule has 0 aliphatic carbocycles. The topological polar surface area (TPSA) is 64.1 Å². The molecule has 0 aliphatic heterocycles. The first-order valence-electron chi connectivity index (χ1n) is 6.84. The first kappa shape index (κ1) is 15.4. The Bertz CT molecular complexity index is 610. The number of nitrogens with one attached hydrogen (secondary N) is 1. The Labute approximate surface area is 128 Å². The lowest BCUT2D eigenvalue weighted by Crippen LogP contribution is -2.12. The molecule has 2 aromatic rings. The summed E-state index contributed by atoms with van der Waals surface area (Å²) in [5.41, 5.74) is 1.07. The summed E-state index contributed by atoms with van der Waals surface area (Å²) >= 11 is 1.42. The SMILES string of the molecule is COc1cccc(CCC(=O)Nc2nnc(C(C)C)s2)c1. The Morgan fingerprint density at radius 1 is 1.38 bits per heavy atom. The lowest BCUT2D eigenvalue weighted by atomic mass is 10.1. The highest BCUT2D eigenvalue weighted by Crippen LogP contribution is 2.22. The summed E-state index contributed by atoms with van der Waals surface area (Å²) in [5, 5.41) is 12.3. The van der Waals surface area contributed by atoms with E-state index in [1.165, 1.54) is 11.3 Å². The number of hydrogen-bond donors (Lipinski definition) is 1. The molecule has 0 unspecified atom stereocenters. The maximum Gasteiger partial charge on any atom is 0.226 e. The van der Waals surface area contributed by atoms with E-state index >= 15 is 0 Å². The summed E-state index contributed by atoms with van der Waals surface area (Å²) in [6.07, 6.45) is 1.07. The first-order chi connectivity index (χ1) is 10.1. The summed E-state index contributed by atoms with van der Waals surface area (Å²) in [6.45, 7) is 4.10. The Morgan fingerprint density at radius 2 is 2.19 bits per heavy atom. The zero-order chi connectivity index (χ0) is 15.2. The van der Waals surface area contributed by atoms with E-state index in [0.717, 1.165) is 16.3 Å². The molecule has 1 aromatic heterocycles. The molecule has 0 fully saturated rings. The van der Waals surface area contributed by atoms with E-state index < -0.39 is 0 Å². The molecule has 1 N–H and O–H groups in total. The summed E-state index contributed by atoms with van der Waals surface area (Å²) in [7, 11) is 1.63. The normalized spacial score (nSPS) is 10.7. The first-order valence-corrected chi connectivity index (χ1v) is 7.66. The van der Waals surface area contributed by atoms with Crippen LogP contribution in [0.1, 0.15) is 36.8 Å². The van der Waals surface area contributed by atoms with E-state index in [4.69, 9.17) is 4.74 Å². The van der Waals surface area contributed by atoms with Crippen LogP contribution < -0.4 is 10.1 Å². The van der Waals surface area contributed by atoms with Crippen LogP contribution >= 0.6 is 11.3 Å². The highest BCUT2D eigenvalue weighted by Gasteiger charge is 2.10. The van der Waals surface area contributed by atoms with Gasteiger partial charge in [-0.15, -0.1) is 10.2 Å². The van der Waals surface area contributed by atoms with Crippen molar-refractivity contribution in [3.63, 3.8) is 0 Å². The standard InChI is InChI=1S/C15H19N3O2S/c1-10(2)14-17-18-15(21-14)16-13(19)8-7-11-5-4-6-12(9-11)20-3/h4-6,9-10H,7-8H2,1-3H3,(H,16,18,19). The van der Waals surface area contributed by atoms with Gasteiger partial charge in [0.15, 0.2) is 0 Å². The van der Waals surface area contributed by atoms with Crippen LogP contribution in [0.5, 0.6) is 5.75 Å². The predicted octanol–water partition coefficient (Wildman–Crippen LogP) is 3.24. The molecular weight excluding hydrogens is 286 g/mol. The van der Waals surface area contributed by atoms with Crippen molar-refractivity contribution in [2.45, 2.75) is 32.6 Å². The van der Waals surface area contributed by atoms with Gasteiger partial charge in [0.2, 0.25) is 11.0 Å². The van der Waals surface area contributed by atoms with E-state index in [1.807, 2.05) is 24.3 Å². The molecule has 0 aliphatic rings. The van der Waals surface area contributed by atoms with Gasteiger partial charge in [-0.05, 0) is 24.1 Å². The molecule has 0 atom stereocenters. The van der Waals surface area contributed by atoms with Crippen LogP contribution in [0.2, 0.25) is 0 Å². The highest BCUT2D eigenvalue weighted by atomic mass is 32.1. The van der Waals surface area contributed by atoms with Crippen LogP contribution in [0.3, 0.4) is 0 Å². The van der Waals surface area contributed by atoms with Crippen molar-refractivity contribution in [1.29, 1.82) is 0 Å². The van der Waals surface area contributed by atoms with Gasteiger partial charge in [0.25, 0.3) is 0 Å². The van der Waals surface area contributed by atoms with Gasteiger partial charge >= 0.3 is 0 Å². The summed E-state index contributed by atoms with van der Waals surface area (Å²) < 4.78 is 5.17. The van der Waals surface area contributed by atoms with Crippen molar-refractivity contribution in [2.75, 3.05) is 12.4 Å². The maximum absolute atomic E-state index is 11.9. The maximum atomic E-state index is 11.9. The predicted molar refractivity (Wildman–Crippen MR) is 83.9 cm³/mol. The van der Waals surface area contributed by atoms with Gasteiger partial charge in [-0.1, -0.05) is 37.3 Å². The minimum atomic E-state index is -0.0516. The van der Waals surface area contributed by atoms with E-state index in [9.17, 15) is 4.79 Å². The van der Waals surface area contributed by atoms with Gasteiger partial charge in [0, 0.05) is 12.3 Å². The van der Waals surface area contributed by atoms with E-state index in [2.05, 4.69) is 29.4 Å². The molecule has 0 saturated heterocycles. The van der Waals surface area contributed by atoms with Crippen LogP contribution in [0.15, 0.2) is 24.3 Å². The molecule has 1 amide bonds. The van der Waals surface area contributed by atoms with Crippen LogP contribution in [0.4, 0.5) is 5.13 Å². The van der Waals surface area contributed by atoms with Crippen LogP contribution in [0.25, 0.3) is 0 Å². The van der Waals surface area contributed by atoms with Crippen molar-refractivity contribution in [3.8, 4) is 5.75 Å². The third-order valence-electron chi connectivity index (χ3n) is 2.96. The monoisotopic (exact) mass is 305 g/mol. The fourth-order valence-electron chi connectivity index (χ4n) is 1.79. The number of carbonyl (C=O) groups is 1. The number of carbonyl (C=O) groups excluding carboxylic acids is 1. The number of rotatable bonds is 6. The van der Waals surface area contributed by atoms with Gasteiger partial charge in [-0.25, -0.2) is 0 Å². The van der Waals surface area contributed by atoms with E-state index in [0.29, 0.717) is 23.9 Å².